The van der Waals surface area contributed by atoms with Crippen LogP contribution in [0.25, 0.3) is 0 Å². The minimum atomic E-state index is -0.731. The number of benzene rings is 2. The van der Waals surface area contributed by atoms with E-state index in [4.69, 9.17) is 0 Å². The second kappa shape index (κ2) is 5.70. The van der Waals surface area contributed by atoms with Crippen LogP contribution in [0.2, 0.25) is 0 Å². The van der Waals surface area contributed by atoms with Gasteiger partial charge in [0.25, 0.3) is 0 Å². The molecule has 2 aromatic carbocycles. The Labute approximate surface area is 124 Å². The highest BCUT2D eigenvalue weighted by Crippen LogP contribution is 2.38. The van der Waals surface area contributed by atoms with E-state index in [0.29, 0.717) is 0 Å². The number of hydrogen-bond acceptors (Lipinski definition) is 2. The molecule has 1 aliphatic rings. The number of nitrogens with zero attached hydrogens (tertiary/aromatic N) is 1. The molecule has 0 radical (unpaired) electrons. The molecule has 3 nitrogen and oxygen atoms in total. The molecule has 3 rings (SSSR count). The lowest BCUT2D eigenvalue weighted by Gasteiger charge is -2.48. The van der Waals surface area contributed by atoms with Gasteiger partial charge in [-0.05, 0) is 17.0 Å². The van der Waals surface area contributed by atoms with Crippen LogP contribution < -0.4 is 0 Å². The number of rotatable bonds is 4. The van der Waals surface area contributed by atoms with E-state index in [2.05, 4.69) is 29.2 Å². The predicted molar refractivity (Wildman–Crippen MR) is 82.0 cm³/mol. The summed E-state index contributed by atoms with van der Waals surface area (Å²) < 4.78 is 0. The Bertz CT molecular complexity index is 572. The highest BCUT2D eigenvalue weighted by atomic mass is 16.4. The molecule has 21 heavy (non-hydrogen) atoms. The molecule has 1 fully saturated rings. The first-order valence-corrected chi connectivity index (χ1v) is 7.27. The van der Waals surface area contributed by atoms with Crippen molar-refractivity contribution in [1.82, 2.24) is 4.90 Å². The van der Waals surface area contributed by atoms with Crippen LogP contribution in [-0.4, -0.2) is 28.6 Å². The first kappa shape index (κ1) is 13.8. The lowest BCUT2D eigenvalue weighted by Crippen LogP contribution is -2.60. The Balaban J connectivity index is 2.00. The summed E-state index contributed by atoms with van der Waals surface area (Å²) in [7, 11) is 0. The molecule has 0 spiro atoms. The van der Waals surface area contributed by atoms with E-state index in [0.717, 1.165) is 17.7 Å². The molecular weight excluding hydrogens is 262 g/mol. The van der Waals surface area contributed by atoms with Crippen molar-refractivity contribution in [2.75, 3.05) is 6.54 Å². The van der Waals surface area contributed by atoms with Gasteiger partial charge in [-0.15, -0.1) is 0 Å². The quantitative estimate of drug-likeness (QED) is 0.935. The largest absolute Gasteiger partial charge is 0.480 e. The van der Waals surface area contributed by atoms with Crippen LogP contribution in [0.3, 0.4) is 0 Å². The van der Waals surface area contributed by atoms with Crippen molar-refractivity contribution in [2.24, 2.45) is 5.92 Å². The predicted octanol–water partition coefficient (Wildman–Crippen LogP) is 3.18. The van der Waals surface area contributed by atoms with Crippen LogP contribution in [0, 0.1) is 5.92 Å². The van der Waals surface area contributed by atoms with Crippen LogP contribution in [0.15, 0.2) is 60.7 Å². The zero-order valence-corrected chi connectivity index (χ0v) is 12.0. The van der Waals surface area contributed by atoms with Gasteiger partial charge in [0, 0.05) is 6.54 Å². The van der Waals surface area contributed by atoms with Gasteiger partial charge in [-0.25, -0.2) is 0 Å². The Kier molecular flexibility index (Phi) is 3.76. The number of hydrogen-bond donors (Lipinski definition) is 1. The molecule has 108 valence electrons. The Hall–Kier alpha value is -2.13. The first-order valence-electron chi connectivity index (χ1n) is 7.27. The summed E-state index contributed by atoms with van der Waals surface area (Å²) in [5.41, 5.74) is 2.28. The average molecular weight is 281 g/mol. The maximum atomic E-state index is 11.5. The highest BCUT2D eigenvalue weighted by Gasteiger charge is 2.45. The van der Waals surface area contributed by atoms with Crippen molar-refractivity contribution < 1.29 is 9.90 Å². The fourth-order valence-corrected chi connectivity index (χ4v) is 3.23. The Morgan fingerprint density at radius 2 is 1.52 bits per heavy atom. The van der Waals surface area contributed by atoms with Gasteiger partial charge < -0.3 is 5.11 Å². The second-order valence-electron chi connectivity index (χ2n) is 5.68. The summed E-state index contributed by atoms with van der Waals surface area (Å²) in [6.45, 7) is 2.81. The topological polar surface area (TPSA) is 40.5 Å². The summed E-state index contributed by atoms with van der Waals surface area (Å²) in [5, 5.41) is 9.48. The van der Waals surface area contributed by atoms with Crippen molar-refractivity contribution in [2.45, 2.75) is 19.0 Å². The third kappa shape index (κ3) is 2.57. The van der Waals surface area contributed by atoms with Crippen LogP contribution in [0.5, 0.6) is 0 Å². The zero-order chi connectivity index (χ0) is 14.8. The molecule has 2 aromatic rings. The molecule has 2 unspecified atom stereocenters. The van der Waals surface area contributed by atoms with Gasteiger partial charge in [-0.2, -0.15) is 0 Å². The third-order valence-electron chi connectivity index (χ3n) is 4.21. The molecule has 0 amide bonds. The van der Waals surface area contributed by atoms with E-state index < -0.39 is 12.0 Å². The van der Waals surface area contributed by atoms with Crippen molar-refractivity contribution in [1.29, 1.82) is 0 Å². The van der Waals surface area contributed by atoms with Gasteiger partial charge >= 0.3 is 5.97 Å². The van der Waals surface area contributed by atoms with E-state index >= 15 is 0 Å². The molecule has 1 N–H and O–H groups in total. The number of aliphatic carboxylic acids is 1. The maximum absolute atomic E-state index is 11.5. The molecule has 0 aliphatic carbocycles. The van der Waals surface area contributed by atoms with Crippen LogP contribution in [0.4, 0.5) is 0 Å². The standard InChI is InChI=1S/C18H19NO2/c1-13-12-19(16(13)18(20)21)17(14-8-4-2-5-9-14)15-10-6-3-7-11-15/h2-11,13,16-17H,12H2,1H3,(H,20,21). The lowest BCUT2D eigenvalue weighted by atomic mass is 9.84. The van der Waals surface area contributed by atoms with Crippen molar-refractivity contribution >= 4 is 5.97 Å². The van der Waals surface area contributed by atoms with Crippen molar-refractivity contribution in [3.63, 3.8) is 0 Å². The fourth-order valence-electron chi connectivity index (χ4n) is 3.23. The number of carboxylic acid groups (broad SMARTS) is 1. The Morgan fingerprint density at radius 3 is 1.90 bits per heavy atom. The molecule has 0 bridgehead atoms. The summed E-state index contributed by atoms with van der Waals surface area (Å²) in [6, 6.07) is 19.9. The molecule has 1 saturated heterocycles. The van der Waals surface area contributed by atoms with Crippen LogP contribution in [-0.2, 0) is 4.79 Å². The molecular formula is C18H19NO2. The fraction of sp³-hybridized carbons (Fsp3) is 0.278. The van der Waals surface area contributed by atoms with Gasteiger partial charge in [0.1, 0.15) is 6.04 Å². The molecule has 1 heterocycles. The van der Waals surface area contributed by atoms with E-state index in [1.807, 2.05) is 43.3 Å². The number of carbonyl (C=O) groups is 1. The zero-order valence-electron chi connectivity index (χ0n) is 12.0. The van der Waals surface area contributed by atoms with Crippen molar-refractivity contribution in [3.8, 4) is 0 Å². The van der Waals surface area contributed by atoms with E-state index in [1.165, 1.54) is 0 Å². The maximum Gasteiger partial charge on any atom is 0.321 e. The summed E-state index contributed by atoms with van der Waals surface area (Å²) >= 11 is 0. The summed E-state index contributed by atoms with van der Waals surface area (Å²) in [5.74, 6) is -0.539. The summed E-state index contributed by atoms with van der Waals surface area (Å²) in [6.07, 6.45) is 0. The van der Waals surface area contributed by atoms with Crippen molar-refractivity contribution in [3.05, 3.63) is 71.8 Å². The first-order chi connectivity index (χ1) is 10.2. The van der Waals surface area contributed by atoms with Gasteiger partial charge in [0.05, 0.1) is 6.04 Å². The van der Waals surface area contributed by atoms with Gasteiger partial charge in [-0.1, -0.05) is 67.6 Å². The van der Waals surface area contributed by atoms with E-state index in [1.54, 1.807) is 0 Å². The number of carboxylic acids is 1. The normalized spacial score (nSPS) is 22.0. The second-order valence-corrected chi connectivity index (χ2v) is 5.68. The summed E-state index contributed by atoms with van der Waals surface area (Å²) in [4.78, 5) is 13.6. The molecule has 0 aromatic heterocycles. The van der Waals surface area contributed by atoms with Gasteiger partial charge in [-0.3, -0.25) is 9.69 Å². The third-order valence-corrected chi connectivity index (χ3v) is 4.21. The monoisotopic (exact) mass is 281 g/mol. The Morgan fingerprint density at radius 1 is 1.05 bits per heavy atom. The SMILES string of the molecule is CC1CN(C(c2ccccc2)c2ccccc2)C1C(=O)O. The van der Waals surface area contributed by atoms with E-state index in [9.17, 15) is 9.90 Å². The van der Waals surface area contributed by atoms with E-state index in [-0.39, 0.29) is 12.0 Å². The van der Waals surface area contributed by atoms with Crippen LogP contribution >= 0.6 is 0 Å². The van der Waals surface area contributed by atoms with Gasteiger partial charge in [0.2, 0.25) is 0 Å². The molecule has 1 aliphatic heterocycles. The molecule has 0 saturated carbocycles. The molecule has 2 atom stereocenters. The minimum Gasteiger partial charge on any atom is -0.480 e. The highest BCUT2D eigenvalue weighted by molar-refractivity contribution is 5.75. The smallest absolute Gasteiger partial charge is 0.321 e. The number of likely N-dealkylation sites (tertiary alicyclic amines) is 1. The average Bonchev–Trinajstić information content (AvgIpc) is 2.48. The van der Waals surface area contributed by atoms with Gasteiger partial charge in [0.15, 0.2) is 0 Å². The lowest BCUT2D eigenvalue weighted by molar-refractivity contribution is -0.154. The minimum absolute atomic E-state index is 0.00435. The van der Waals surface area contributed by atoms with Crippen LogP contribution in [0.1, 0.15) is 24.1 Å². The molecule has 3 heteroatoms.